The van der Waals surface area contributed by atoms with E-state index in [4.69, 9.17) is 19.0 Å². The number of rotatable bonds is 9. The second-order valence-electron chi connectivity index (χ2n) is 12.5. The number of carbonyl (C=O) groups is 1. The summed E-state index contributed by atoms with van der Waals surface area (Å²) in [5.41, 5.74) is 1.53. The van der Waals surface area contributed by atoms with E-state index in [0.717, 1.165) is 65.5 Å². The fraction of sp³-hybridized carbons (Fsp3) is 0.485. The maximum Gasteiger partial charge on any atom is 0.417 e. The van der Waals surface area contributed by atoms with Gasteiger partial charge in [0.15, 0.2) is 5.13 Å². The number of hydrogen-bond donors (Lipinski definition) is 1. The average Bonchev–Trinajstić information content (AvgIpc) is 3.52. The number of piperidine rings is 1. The third-order valence-electron chi connectivity index (χ3n) is 9.01. The minimum Gasteiger partial charge on any atom is -0.489 e. The first kappa shape index (κ1) is 30.0. The molecule has 12 heteroatoms. The number of fused-ring (bicyclic) bond motifs is 3. The number of nitrogens with one attached hydrogen (secondary N) is 1. The van der Waals surface area contributed by atoms with Gasteiger partial charge in [-0.15, -0.1) is 0 Å². The van der Waals surface area contributed by atoms with Gasteiger partial charge in [0, 0.05) is 41.7 Å². The first-order chi connectivity index (χ1) is 21.6. The Kier molecular flexibility index (Phi) is 7.76. The zero-order valence-electron chi connectivity index (χ0n) is 25.3. The molecule has 2 aromatic carbocycles. The quantitative estimate of drug-likeness (QED) is 0.186. The van der Waals surface area contributed by atoms with E-state index in [9.17, 15) is 18.0 Å². The number of benzene rings is 2. The lowest BCUT2D eigenvalue weighted by Gasteiger charge is -2.39. The molecule has 3 aliphatic rings. The molecule has 3 fully saturated rings. The highest BCUT2D eigenvalue weighted by Gasteiger charge is 2.43. The third-order valence-corrected chi connectivity index (χ3v) is 10.0. The number of carbonyl (C=O) groups excluding carboxylic acids is 1. The lowest BCUT2D eigenvalue weighted by atomic mass is 9.96. The van der Waals surface area contributed by atoms with Crippen molar-refractivity contribution in [2.24, 2.45) is 0 Å². The van der Waals surface area contributed by atoms with Crippen LogP contribution in [0.4, 0.5) is 18.3 Å². The van der Waals surface area contributed by atoms with E-state index in [-0.39, 0.29) is 41.4 Å². The van der Waals surface area contributed by atoms with Crippen molar-refractivity contribution in [1.29, 1.82) is 0 Å². The van der Waals surface area contributed by atoms with Crippen LogP contribution in [-0.2, 0) is 17.5 Å². The van der Waals surface area contributed by atoms with Crippen molar-refractivity contribution in [1.82, 2.24) is 15.5 Å². The molecule has 0 amide bonds. The number of thiazole rings is 1. The van der Waals surface area contributed by atoms with Gasteiger partial charge in [0.05, 0.1) is 29.0 Å². The Bertz CT molecular complexity index is 1720. The highest BCUT2D eigenvalue weighted by molar-refractivity contribution is 7.22. The fourth-order valence-electron chi connectivity index (χ4n) is 6.89. The van der Waals surface area contributed by atoms with Gasteiger partial charge < -0.3 is 24.2 Å². The molecule has 0 spiro atoms. The van der Waals surface area contributed by atoms with Gasteiger partial charge in [-0.25, -0.2) is 9.78 Å². The van der Waals surface area contributed by atoms with Crippen LogP contribution in [0.3, 0.4) is 0 Å². The first-order valence-electron chi connectivity index (χ1n) is 15.5. The number of ether oxygens (including phenoxy) is 2. The molecule has 2 saturated heterocycles. The molecule has 8 nitrogen and oxygen atoms in total. The Morgan fingerprint density at radius 3 is 2.53 bits per heavy atom. The van der Waals surface area contributed by atoms with Crippen molar-refractivity contribution in [3.05, 3.63) is 58.8 Å². The molecule has 45 heavy (non-hydrogen) atoms. The van der Waals surface area contributed by atoms with Crippen LogP contribution in [0.2, 0.25) is 0 Å². The van der Waals surface area contributed by atoms with Gasteiger partial charge in [0.1, 0.15) is 22.7 Å². The highest BCUT2D eigenvalue weighted by Crippen LogP contribution is 2.47. The standard InChI is InChI=1S/C33H35F3N4O4S/c1-17(2)43-26-12-19(31(41)42-3)13-27-29(26)38-32(45-27)40-21-10-11-22(40)15-20(14-21)37-16-24-28(39-44-30(24)18-8-9-18)23-6-4-5-7-25(23)33(34,35)36/h4-7,12-13,17-18,20-22,37H,8-11,14-16H2,1-3H3. The van der Waals surface area contributed by atoms with Crippen LogP contribution in [-0.4, -0.2) is 47.4 Å². The van der Waals surface area contributed by atoms with Gasteiger partial charge >= 0.3 is 12.1 Å². The predicted octanol–water partition coefficient (Wildman–Crippen LogP) is 7.71. The molecule has 238 valence electrons. The Hall–Kier alpha value is -3.64. The normalized spacial score (nSPS) is 21.6. The van der Waals surface area contributed by atoms with Crippen molar-refractivity contribution < 1.29 is 32.0 Å². The van der Waals surface area contributed by atoms with Crippen LogP contribution in [0, 0.1) is 0 Å². The van der Waals surface area contributed by atoms with Gasteiger partial charge in [-0.2, -0.15) is 13.2 Å². The van der Waals surface area contributed by atoms with E-state index in [2.05, 4.69) is 15.4 Å². The van der Waals surface area contributed by atoms with Gasteiger partial charge in [0.2, 0.25) is 0 Å². The van der Waals surface area contributed by atoms with E-state index < -0.39 is 17.7 Å². The number of nitrogens with zero attached hydrogens (tertiary/aromatic N) is 3. The first-order valence-corrected chi connectivity index (χ1v) is 16.3. The maximum atomic E-state index is 13.9. The van der Waals surface area contributed by atoms with Crippen LogP contribution < -0.4 is 15.0 Å². The molecule has 4 aromatic rings. The molecule has 1 saturated carbocycles. The molecule has 1 N–H and O–H groups in total. The Balaban J connectivity index is 1.12. The lowest BCUT2D eigenvalue weighted by molar-refractivity contribution is -0.137. The Morgan fingerprint density at radius 1 is 1.13 bits per heavy atom. The van der Waals surface area contributed by atoms with Crippen LogP contribution in [0.15, 0.2) is 40.9 Å². The summed E-state index contributed by atoms with van der Waals surface area (Å²) in [5.74, 6) is 1.06. The summed E-state index contributed by atoms with van der Waals surface area (Å²) in [6, 6.07) is 9.83. The number of esters is 1. The number of anilines is 1. The second-order valence-corrected chi connectivity index (χ2v) is 13.5. The minimum absolute atomic E-state index is 0.0550. The number of halogens is 3. The van der Waals surface area contributed by atoms with Crippen LogP contribution in [0.25, 0.3) is 21.5 Å². The van der Waals surface area contributed by atoms with Crippen molar-refractivity contribution in [3.63, 3.8) is 0 Å². The van der Waals surface area contributed by atoms with Crippen LogP contribution >= 0.6 is 11.3 Å². The molecule has 2 aliphatic heterocycles. The van der Waals surface area contributed by atoms with Crippen LogP contribution in [0.5, 0.6) is 5.75 Å². The highest BCUT2D eigenvalue weighted by atomic mass is 32.1. The minimum atomic E-state index is -4.49. The second kappa shape index (κ2) is 11.6. The lowest BCUT2D eigenvalue weighted by Crippen LogP contribution is -2.49. The summed E-state index contributed by atoms with van der Waals surface area (Å²) in [6.07, 6.45) is 1.17. The van der Waals surface area contributed by atoms with E-state index in [1.807, 2.05) is 19.9 Å². The zero-order valence-corrected chi connectivity index (χ0v) is 26.1. The number of aromatic nitrogens is 2. The van der Waals surface area contributed by atoms with Gasteiger partial charge in [0.25, 0.3) is 0 Å². The monoisotopic (exact) mass is 640 g/mol. The fourth-order valence-corrected chi connectivity index (χ4v) is 8.05. The summed E-state index contributed by atoms with van der Waals surface area (Å²) in [4.78, 5) is 19.8. The molecule has 2 aromatic heterocycles. The number of methoxy groups -OCH3 is 1. The van der Waals surface area contributed by atoms with Gasteiger partial charge in [-0.1, -0.05) is 34.7 Å². The molecular formula is C33H35F3N4O4S. The smallest absolute Gasteiger partial charge is 0.417 e. The van der Waals surface area contributed by atoms with E-state index in [1.54, 1.807) is 23.5 Å². The van der Waals surface area contributed by atoms with Crippen molar-refractivity contribution in [2.75, 3.05) is 12.0 Å². The molecule has 4 heterocycles. The van der Waals surface area contributed by atoms with Gasteiger partial charge in [-0.05, 0) is 70.6 Å². The molecule has 1 aliphatic carbocycles. The summed E-state index contributed by atoms with van der Waals surface area (Å²) in [6.45, 7) is 4.27. The Morgan fingerprint density at radius 2 is 1.87 bits per heavy atom. The van der Waals surface area contributed by atoms with Gasteiger partial charge in [-0.3, -0.25) is 0 Å². The average molecular weight is 641 g/mol. The largest absolute Gasteiger partial charge is 0.489 e. The molecule has 2 bridgehead atoms. The zero-order chi connectivity index (χ0) is 31.5. The maximum absolute atomic E-state index is 13.9. The number of hydrogen-bond acceptors (Lipinski definition) is 9. The van der Waals surface area contributed by atoms with Crippen molar-refractivity contribution in [3.8, 4) is 17.0 Å². The molecule has 2 atom stereocenters. The number of alkyl halides is 3. The third kappa shape index (κ3) is 5.78. The Labute approximate surface area is 262 Å². The van der Waals surface area contributed by atoms with Crippen LogP contribution in [0.1, 0.15) is 85.5 Å². The van der Waals surface area contributed by atoms with E-state index in [0.29, 0.717) is 23.6 Å². The molecule has 7 rings (SSSR count). The molecule has 0 radical (unpaired) electrons. The predicted molar refractivity (Wildman–Crippen MR) is 165 cm³/mol. The van der Waals surface area contributed by atoms with E-state index in [1.165, 1.54) is 19.2 Å². The SMILES string of the molecule is COC(=O)c1cc(OC(C)C)c2nc(N3C4CCC3CC(NCc3c(-c5ccccc5C(F)(F)F)noc3C3CC3)C4)sc2c1. The topological polar surface area (TPSA) is 89.7 Å². The summed E-state index contributed by atoms with van der Waals surface area (Å²) in [7, 11) is 1.36. The van der Waals surface area contributed by atoms with Crippen molar-refractivity contribution in [2.45, 2.75) is 95.2 Å². The summed E-state index contributed by atoms with van der Waals surface area (Å²) < 4.78 is 59.3. The summed E-state index contributed by atoms with van der Waals surface area (Å²) >= 11 is 1.56. The molecule has 2 unspecified atom stereocenters. The molecular weight excluding hydrogens is 605 g/mol. The summed E-state index contributed by atoms with van der Waals surface area (Å²) in [5, 5.41) is 8.76. The van der Waals surface area contributed by atoms with E-state index >= 15 is 0 Å². The van der Waals surface area contributed by atoms with Crippen molar-refractivity contribution >= 4 is 32.7 Å².